The largest absolute Gasteiger partial charge is 0.353 e. The van der Waals surface area contributed by atoms with Crippen molar-refractivity contribution in [3.8, 4) is 0 Å². The first-order valence-electron chi connectivity index (χ1n) is 3.71. The first kappa shape index (κ1) is 7.98. The molecule has 0 aromatic rings. The number of hydrogen-bond acceptors (Lipinski definition) is 2. The van der Waals surface area contributed by atoms with Gasteiger partial charge in [0.1, 0.15) is 0 Å². The zero-order valence-corrected chi connectivity index (χ0v) is 6.63. The first-order valence-corrected chi connectivity index (χ1v) is 3.71. The van der Waals surface area contributed by atoms with Gasteiger partial charge in [0.25, 0.3) is 0 Å². The van der Waals surface area contributed by atoms with Crippen LogP contribution in [-0.2, 0) is 4.79 Å². The summed E-state index contributed by atoms with van der Waals surface area (Å²) in [6.07, 6.45) is 4.72. The highest BCUT2D eigenvalue weighted by molar-refractivity contribution is 5.75. The van der Waals surface area contributed by atoms with E-state index >= 15 is 0 Å². The molecule has 1 amide bonds. The summed E-state index contributed by atoms with van der Waals surface area (Å²) in [6.45, 7) is 3.05. The van der Waals surface area contributed by atoms with Crippen LogP contribution >= 0.6 is 0 Å². The molecular weight excluding hydrogens is 140 g/mol. The number of carbonyl (C=O) groups excluding carboxylic acids is 1. The SMILES string of the molecule is CC(=O)NCC1=CC=NCC1. The van der Waals surface area contributed by atoms with Crippen molar-refractivity contribution in [2.45, 2.75) is 13.3 Å². The molecule has 0 radical (unpaired) electrons. The van der Waals surface area contributed by atoms with Crippen LogP contribution in [0.4, 0.5) is 0 Å². The van der Waals surface area contributed by atoms with Gasteiger partial charge in [0.2, 0.25) is 5.91 Å². The second-order valence-corrected chi connectivity index (χ2v) is 2.54. The van der Waals surface area contributed by atoms with Gasteiger partial charge in [0, 0.05) is 26.2 Å². The fraction of sp³-hybridized carbons (Fsp3) is 0.500. The molecular formula is C8H12N2O. The van der Waals surface area contributed by atoms with E-state index in [1.165, 1.54) is 12.5 Å². The van der Waals surface area contributed by atoms with E-state index in [2.05, 4.69) is 10.3 Å². The molecule has 3 heteroatoms. The van der Waals surface area contributed by atoms with E-state index in [4.69, 9.17) is 0 Å². The average molecular weight is 152 g/mol. The number of hydrogen-bond donors (Lipinski definition) is 1. The van der Waals surface area contributed by atoms with Crippen LogP contribution in [0.25, 0.3) is 0 Å². The zero-order chi connectivity index (χ0) is 8.10. The summed E-state index contributed by atoms with van der Waals surface area (Å²) in [4.78, 5) is 14.6. The van der Waals surface area contributed by atoms with Crippen molar-refractivity contribution in [1.82, 2.24) is 5.32 Å². The Kier molecular flexibility index (Phi) is 2.83. The van der Waals surface area contributed by atoms with Crippen LogP contribution in [0.5, 0.6) is 0 Å². The van der Waals surface area contributed by atoms with E-state index < -0.39 is 0 Å². The molecule has 0 unspecified atom stereocenters. The molecule has 0 aromatic heterocycles. The highest BCUT2D eigenvalue weighted by Gasteiger charge is 1.99. The lowest BCUT2D eigenvalue weighted by Gasteiger charge is -2.08. The summed E-state index contributed by atoms with van der Waals surface area (Å²) in [5.41, 5.74) is 1.25. The Bertz CT molecular complexity index is 206. The fourth-order valence-electron chi connectivity index (χ4n) is 0.909. The van der Waals surface area contributed by atoms with E-state index in [0.717, 1.165) is 13.0 Å². The van der Waals surface area contributed by atoms with Crippen LogP contribution in [0.3, 0.4) is 0 Å². The molecule has 1 aliphatic heterocycles. The van der Waals surface area contributed by atoms with Crippen LogP contribution < -0.4 is 5.32 Å². The minimum atomic E-state index is 0.0217. The van der Waals surface area contributed by atoms with Crippen LogP contribution in [-0.4, -0.2) is 25.2 Å². The summed E-state index contributed by atoms with van der Waals surface area (Å²) in [6, 6.07) is 0. The Hall–Kier alpha value is -1.12. The first-order chi connectivity index (χ1) is 5.29. The molecule has 0 bridgehead atoms. The Balaban J connectivity index is 2.31. The number of nitrogens with one attached hydrogen (secondary N) is 1. The molecule has 3 nitrogen and oxygen atoms in total. The van der Waals surface area contributed by atoms with Crippen LogP contribution in [0, 0.1) is 0 Å². The van der Waals surface area contributed by atoms with Crippen LogP contribution in [0.15, 0.2) is 16.6 Å². The third-order valence-electron chi connectivity index (χ3n) is 1.54. The standard InChI is InChI=1S/C8H12N2O/c1-7(11)10-6-8-2-4-9-5-3-8/h2,4H,3,5-6H2,1H3,(H,10,11). The molecule has 1 aliphatic rings. The van der Waals surface area contributed by atoms with Crippen molar-refractivity contribution >= 4 is 12.1 Å². The normalized spacial score (nSPS) is 15.9. The van der Waals surface area contributed by atoms with Crippen molar-refractivity contribution in [1.29, 1.82) is 0 Å². The smallest absolute Gasteiger partial charge is 0.217 e. The van der Waals surface area contributed by atoms with Gasteiger partial charge in [-0.1, -0.05) is 0 Å². The van der Waals surface area contributed by atoms with Crippen molar-refractivity contribution in [3.05, 3.63) is 11.6 Å². The molecule has 60 valence electrons. The molecule has 0 aromatic carbocycles. The minimum Gasteiger partial charge on any atom is -0.353 e. The van der Waals surface area contributed by atoms with E-state index in [0.29, 0.717) is 6.54 Å². The average Bonchev–Trinajstić information content (AvgIpc) is 2.03. The number of allylic oxidation sites excluding steroid dienone is 1. The quantitative estimate of drug-likeness (QED) is 0.616. The topological polar surface area (TPSA) is 41.5 Å². The number of nitrogens with zero attached hydrogens (tertiary/aromatic N) is 1. The van der Waals surface area contributed by atoms with Crippen LogP contribution in [0.2, 0.25) is 0 Å². The summed E-state index contributed by atoms with van der Waals surface area (Å²) >= 11 is 0. The van der Waals surface area contributed by atoms with Gasteiger partial charge >= 0.3 is 0 Å². The van der Waals surface area contributed by atoms with E-state index in [1.54, 1.807) is 6.21 Å². The number of dihydropyridines is 1. The minimum absolute atomic E-state index is 0.0217. The number of carbonyl (C=O) groups is 1. The molecule has 1 heterocycles. The van der Waals surface area contributed by atoms with E-state index in [1.807, 2.05) is 6.08 Å². The molecule has 1 rings (SSSR count). The summed E-state index contributed by atoms with van der Waals surface area (Å²) in [7, 11) is 0. The van der Waals surface area contributed by atoms with Crippen LogP contribution in [0.1, 0.15) is 13.3 Å². The third-order valence-corrected chi connectivity index (χ3v) is 1.54. The third kappa shape index (κ3) is 2.98. The molecule has 0 atom stereocenters. The number of rotatable bonds is 2. The molecule has 0 aliphatic carbocycles. The second-order valence-electron chi connectivity index (χ2n) is 2.54. The second kappa shape index (κ2) is 3.91. The summed E-state index contributed by atoms with van der Waals surface area (Å²) in [5, 5.41) is 2.75. The van der Waals surface area contributed by atoms with E-state index in [-0.39, 0.29) is 5.91 Å². The Labute approximate surface area is 66.2 Å². The van der Waals surface area contributed by atoms with Gasteiger partial charge < -0.3 is 5.32 Å². The number of aliphatic imine (C=N–C) groups is 1. The summed E-state index contributed by atoms with van der Waals surface area (Å²) < 4.78 is 0. The highest BCUT2D eigenvalue weighted by Crippen LogP contribution is 2.02. The van der Waals surface area contributed by atoms with Crippen molar-refractivity contribution in [2.24, 2.45) is 4.99 Å². The molecule has 11 heavy (non-hydrogen) atoms. The Morgan fingerprint density at radius 2 is 2.64 bits per heavy atom. The lowest BCUT2D eigenvalue weighted by molar-refractivity contribution is -0.118. The fourth-order valence-corrected chi connectivity index (χ4v) is 0.909. The lowest BCUT2D eigenvalue weighted by Crippen LogP contribution is -2.23. The monoisotopic (exact) mass is 152 g/mol. The molecule has 0 fully saturated rings. The van der Waals surface area contributed by atoms with Gasteiger partial charge in [0.05, 0.1) is 0 Å². The Morgan fingerprint density at radius 1 is 1.82 bits per heavy atom. The molecule has 1 N–H and O–H groups in total. The maximum absolute atomic E-state index is 10.5. The zero-order valence-electron chi connectivity index (χ0n) is 6.63. The van der Waals surface area contributed by atoms with E-state index in [9.17, 15) is 4.79 Å². The highest BCUT2D eigenvalue weighted by atomic mass is 16.1. The van der Waals surface area contributed by atoms with Crippen molar-refractivity contribution in [3.63, 3.8) is 0 Å². The predicted octanol–water partition coefficient (Wildman–Crippen LogP) is 0.523. The van der Waals surface area contributed by atoms with Gasteiger partial charge in [-0.2, -0.15) is 0 Å². The number of amides is 1. The van der Waals surface area contributed by atoms with Gasteiger partial charge in [-0.3, -0.25) is 9.79 Å². The van der Waals surface area contributed by atoms with Gasteiger partial charge in [0.15, 0.2) is 0 Å². The molecule has 0 saturated heterocycles. The Morgan fingerprint density at radius 3 is 3.18 bits per heavy atom. The predicted molar refractivity (Wildman–Crippen MR) is 44.7 cm³/mol. The maximum atomic E-state index is 10.5. The van der Waals surface area contributed by atoms with Gasteiger partial charge in [-0.15, -0.1) is 0 Å². The van der Waals surface area contributed by atoms with Gasteiger partial charge in [-0.05, 0) is 18.1 Å². The van der Waals surface area contributed by atoms with Crippen molar-refractivity contribution < 1.29 is 4.79 Å². The van der Waals surface area contributed by atoms with Gasteiger partial charge in [-0.25, -0.2) is 0 Å². The van der Waals surface area contributed by atoms with Crippen molar-refractivity contribution in [2.75, 3.05) is 13.1 Å². The molecule has 0 saturated carbocycles. The molecule has 0 spiro atoms. The summed E-state index contributed by atoms with van der Waals surface area (Å²) in [5.74, 6) is 0.0217. The maximum Gasteiger partial charge on any atom is 0.217 e. The lowest BCUT2D eigenvalue weighted by atomic mass is 10.1.